The lowest BCUT2D eigenvalue weighted by atomic mass is 9.98. The molecule has 0 aliphatic carbocycles. The Bertz CT molecular complexity index is 1020. The van der Waals surface area contributed by atoms with Crippen molar-refractivity contribution in [2.75, 3.05) is 52.1 Å². The molecule has 1 amide bonds. The molecule has 2 unspecified atom stereocenters. The Labute approximate surface area is 194 Å². The van der Waals surface area contributed by atoms with Crippen LogP contribution >= 0.6 is 0 Å². The van der Waals surface area contributed by atoms with Crippen molar-refractivity contribution in [2.24, 2.45) is 10.8 Å². The summed E-state index contributed by atoms with van der Waals surface area (Å²) in [6.45, 7) is 1.38. The van der Waals surface area contributed by atoms with Crippen molar-refractivity contribution in [2.45, 2.75) is 18.5 Å². The van der Waals surface area contributed by atoms with Gasteiger partial charge in [-0.3, -0.25) is 19.6 Å². The highest BCUT2D eigenvalue weighted by atomic mass is 16.5. The monoisotopic (exact) mass is 453 g/mol. The fraction of sp³-hybridized carbons (Fsp3) is 0.391. The van der Waals surface area contributed by atoms with Gasteiger partial charge in [0.2, 0.25) is 5.82 Å². The van der Waals surface area contributed by atoms with E-state index in [9.17, 15) is 4.79 Å². The highest BCUT2D eigenvalue weighted by Gasteiger charge is 2.41. The van der Waals surface area contributed by atoms with Gasteiger partial charge in [-0.15, -0.1) is 0 Å². The van der Waals surface area contributed by atoms with E-state index in [0.29, 0.717) is 29.1 Å². The highest BCUT2D eigenvalue weighted by molar-refractivity contribution is 6.14. The molecule has 1 aromatic heterocycles. The number of amides is 1. The number of aromatic nitrogens is 1. The van der Waals surface area contributed by atoms with Gasteiger partial charge in [0.1, 0.15) is 11.9 Å². The number of quaternary nitrogens is 1. The molecule has 0 bridgehead atoms. The first-order chi connectivity index (χ1) is 15.7. The van der Waals surface area contributed by atoms with E-state index >= 15 is 0 Å². The lowest BCUT2D eigenvalue weighted by Crippen LogP contribution is -2.62. The number of ether oxygens (including phenoxy) is 1. The molecule has 5 N–H and O–H groups in total. The number of nitrogens with zero attached hydrogens (tertiary/aromatic N) is 4. The zero-order valence-corrected chi connectivity index (χ0v) is 19.6. The van der Waals surface area contributed by atoms with Crippen LogP contribution in [0.3, 0.4) is 0 Å². The van der Waals surface area contributed by atoms with E-state index in [0.717, 1.165) is 29.8 Å². The molecular weight excluding hydrogens is 420 g/mol. The predicted octanol–water partition coefficient (Wildman–Crippen LogP) is 2.26. The minimum absolute atomic E-state index is 0.243. The number of hydrogen-bond acceptors (Lipinski definition) is 8. The maximum Gasteiger partial charge on any atom is 0.252 e. The highest BCUT2D eigenvalue weighted by Crippen LogP contribution is 2.31. The van der Waals surface area contributed by atoms with Crippen molar-refractivity contribution in [1.82, 2.24) is 14.4 Å². The van der Waals surface area contributed by atoms with Gasteiger partial charge in [-0.25, -0.2) is 0 Å². The van der Waals surface area contributed by atoms with E-state index in [1.807, 2.05) is 30.3 Å². The van der Waals surface area contributed by atoms with Gasteiger partial charge in [0.25, 0.3) is 5.91 Å². The number of primary amides is 1. The SMILES string of the molecule is CN(C)C1COCCC1[N+](C)(C)c1ccc(C(N)=O)c(Nc2cccc(NN=CC=N)c2)n1. The summed E-state index contributed by atoms with van der Waals surface area (Å²) in [6, 6.07) is 11.5. The third kappa shape index (κ3) is 5.72. The first-order valence-corrected chi connectivity index (χ1v) is 10.8. The Balaban J connectivity index is 1.94. The second-order valence-electron chi connectivity index (χ2n) is 8.69. The largest absolute Gasteiger partial charge is 0.379 e. The molecule has 176 valence electrons. The Morgan fingerprint density at radius 2 is 2.06 bits per heavy atom. The zero-order chi connectivity index (χ0) is 24.0. The standard InChI is InChI=1S/C23H32N8O2/c1-30(2)19-15-33-13-10-20(19)31(3,4)21-9-8-18(22(25)32)23(28-21)27-16-6-5-7-17(14-16)29-26-12-11-24/h5-9,11-12,14,19-20H,10,13,15H2,1-4H3,(H4-,24,25,27,28,29,32)/p+1. The number of hydrazone groups is 1. The van der Waals surface area contributed by atoms with Crippen molar-refractivity contribution in [3.8, 4) is 0 Å². The third-order valence-corrected chi connectivity index (χ3v) is 5.99. The van der Waals surface area contributed by atoms with Gasteiger partial charge in [-0.05, 0) is 38.4 Å². The Hall–Kier alpha value is -3.34. The number of likely N-dealkylation sites (N-methyl/N-ethyl adjacent to an activating group) is 2. The van der Waals surface area contributed by atoms with Crippen LogP contribution in [-0.4, -0.2) is 81.7 Å². The van der Waals surface area contributed by atoms with Crippen molar-refractivity contribution < 1.29 is 9.53 Å². The van der Waals surface area contributed by atoms with E-state index in [2.05, 4.69) is 48.9 Å². The van der Waals surface area contributed by atoms with Crippen LogP contribution in [0.4, 0.5) is 23.0 Å². The molecule has 2 aromatic rings. The van der Waals surface area contributed by atoms with Crippen LogP contribution < -0.4 is 21.0 Å². The third-order valence-electron chi connectivity index (χ3n) is 5.99. The van der Waals surface area contributed by atoms with Crippen LogP contribution in [-0.2, 0) is 4.74 Å². The fourth-order valence-corrected chi connectivity index (χ4v) is 4.14. The summed E-state index contributed by atoms with van der Waals surface area (Å²) in [5, 5.41) is 14.2. The van der Waals surface area contributed by atoms with Crippen molar-refractivity contribution in [3.63, 3.8) is 0 Å². The second kappa shape index (κ2) is 10.5. The molecule has 1 fully saturated rings. The summed E-state index contributed by atoms with van der Waals surface area (Å²) < 4.78 is 6.27. The van der Waals surface area contributed by atoms with Crippen LogP contribution in [0, 0.1) is 5.41 Å². The fourth-order valence-electron chi connectivity index (χ4n) is 4.14. The summed E-state index contributed by atoms with van der Waals surface area (Å²) >= 11 is 0. The van der Waals surface area contributed by atoms with Gasteiger partial charge in [0.05, 0.1) is 50.8 Å². The van der Waals surface area contributed by atoms with Crippen molar-refractivity contribution >= 4 is 41.3 Å². The molecule has 10 heteroatoms. The molecule has 1 aliphatic rings. The number of nitrogens with two attached hydrogens (primary N) is 1. The maximum absolute atomic E-state index is 12.1. The first-order valence-electron chi connectivity index (χ1n) is 10.8. The number of nitrogens with one attached hydrogen (secondary N) is 3. The number of rotatable bonds is 9. The quantitative estimate of drug-likeness (QED) is 0.262. The number of carbonyl (C=O) groups is 1. The molecule has 0 saturated carbocycles. The van der Waals surface area contributed by atoms with Crippen LogP contribution in [0.25, 0.3) is 0 Å². The van der Waals surface area contributed by atoms with Gasteiger partial charge in [-0.1, -0.05) is 6.07 Å². The summed E-state index contributed by atoms with van der Waals surface area (Å²) in [5.41, 5.74) is 10.3. The normalized spacial score (nSPS) is 18.9. The van der Waals surface area contributed by atoms with E-state index in [1.165, 1.54) is 6.21 Å². The smallest absolute Gasteiger partial charge is 0.252 e. The predicted molar refractivity (Wildman–Crippen MR) is 134 cm³/mol. The van der Waals surface area contributed by atoms with E-state index in [4.69, 9.17) is 20.9 Å². The molecule has 2 atom stereocenters. The van der Waals surface area contributed by atoms with Gasteiger partial charge in [0, 0.05) is 24.4 Å². The van der Waals surface area contributed by atoms with E-state index in [1.54, 1.807) is 6.07 Å². The molecule has 33 heavy (non-hydrogen) atoms. The average Bonchev–Trinajstić information content (AvgIpc) is 2.79. The van der Waals surface area contributed by atoms with Crippen molar-refractivity contribution in [3.05, 3.63) is 42.0 Å². The van der Waals surface area contributed by atoms with E-state index in [-0.39, 0.29) is 12.1 Å². The lowest BCUT2D eigenvalue weighted by Gasteiger charge is -2.45. The second-order valence-corrected chi connectivity index (χ2v) is 8.69. The molecule has 3 rings (SSSR count). The Kier molecular flexibility index (Phi) is 7.75. The zero-order valence-electron chi connectivity index (χ0n) is 19.6. The molecular formula is C23H33N8O2+. The maximum atomic E-state index is 12.1. The minimum atomic E-state index is -0.552. The average molecular weight is 454 g/mol. The van der Waals surface area contributed by atoms with Gasteiger partial charge >= 0.3 is 0 Å². The molecule has 1 aromatic carbocycles. The number of carbonyl (C=O) groups excluding carboxylic acids is 1. The van der Waals surface area contributed by atoms with Gasteiger partial charge < -0.3 is 21.2 Å². The number of benzene rings is 1. The number of pyridine rings is 1. The Morgan fingerprint density at radius 3 is 2.76 bits per heavy atom. The number of hydrogen-bond donors (Lipinski definition) is 4. The Morgan fingerprint density at radius 1 is 1.30 bits per heavy atom. The van der Waals surface area contributed by atoms with Gasteiger partial charge in [-0.2, -0.15) is 10.1 Å². The molecule has 10 nitrogen and oxygen atoms in total. The molecule has 1 aliphatic heterocycles. The summed E-state index contributed by atoms with van der Waals surface area (Å²) in [7, 11) is 8.40. The van der Waals surface area contributed by atoms with Crippen LogP contribution in [0.15, 0.2) is 41.5 Å². The van der Waals surface area contributed by atoms with Crippen LogP contribution in [0.1, 0.15) is 16.8 Å². The summed E-state index contributed by atoms with van der Waals surface area (Å²) in [4.78, 5) is 19.2. The molecule has 0 radical (unpaired) electrons. The number of anilines is 3. The first kappa shape index (κ1) is 24.3. The molecule has 0 spiro atoms. The molecule has 2 heterocycles. The van der Waals surface area contributed by atoms with Gasteiger partial charge in [0.15, 0.2) is 0 Å². The topological polar surface area (TPSA) is 129 Å². The van der Waals surface area contributed by atoms with Crippen LogP contribution in [0.5, 0.6) is 0 Å². The van der Waals surface area contributed by atoms with Crippen LogP contribution in [0.2, 0.25) is 0 Å². The van der Waals surface area contributed by atoms with Crippen molar-refractivity contribution in [1.29, 1.82) is 5.41 Å². The molecule has 1 saturated heterocycles. The summed E-state index contributed by atoms with van der Waals surface area (Å²) in [6.07, 6.45) is 3.33. The summed E-state index contributed by atoms with van der Waals surface area (Å²) in [5.74, 6) is 0.676. The minimum Gasteiger partial charge on any atom is -0.379 e. The van der Waals surface area contributed by atoms with E-state index < -0.39 is 5.91 Å². The lowest BCUT2D eigenvalue weighted by molar-refractivity contribution is -0.0122.